The van der Waals surface area contributed by atoms with Crippen molar-refractivity contribution >= 4 is 5.91 Å². The van der Waals surface area contributed by atoms with E-state index in [0.717, 1.165) is 32.1 Å². The van der Waals surface area contributed by atoms with Gasteiger partial charge in [-0.05, 0) is 18.9 Å². The molecule has 2 atom stereocenters. The molecule has 1 heterocycles. The molecule has 0 spiro atoms. The largest absolute Gasteiger partial charge is 0.391 e. The maximum absolute atomic E-state index is 12.4. The summed E-state index contributed by atoms with van der Waals surface area (Å²) < 4.78 is 0. The topological polar surface area (TPSA) is 88.2 Å². The van der Waals surface area contributed by atoms with Gasteiger partial charge < -0.3 is 16.2 Å². The van der Waals surface area contributed by atoms with Gasteiger partial charge in [0.25, 0.3) is 5.91 Å². The van der Waals surface area contributed by atoms with Crippen molar-refractivity contribution in [1.82, 2.24) is 10.3 Å². The number of hydrogen-bond donors (Lipinski definition) is 3. The second-order valence-electron chi connectivity index (χ2n) is 5.21. The lowest BCUT2D eigenvalue weighted by atomic mass is 10.0. The van der Waals surface area contributed by atoms with Gasteiger partial charge >= 0.3 is 0 Å². The Labute approximate surface area is 125 Å². The minimum absolute atomic E-state index is 0.191. The lowest BCUT2D eigenvalue weighted by molar-refractivity contribution is 0.0818. The van der Waals surface area contributed by atoms with E-state index in [1.54, 1.807) is 18.5 Å². The molecule has 1 amide bonds. The van der Waals surface area contributed by atoms with Gasteiger partial charge in [-0.1, -0.05) is 31.1 Å². The predicted octanol–water partition coefficient (Wildman–Crippen LogP) is 0.815. The maximum atomic E-state index is 12.4. The van der Waals surface area contributed by atoms with Gasteiger partial charge in [-0.3, -0.25) is 9.78 Å². The Morgan fingerprint density at radius 3 is 3.05 bits per heavy atom. The first kappa shape index (κ1) is 15.5. The molecule has 1 aromatic heterocycles. The molecule has 0 bridgehead atoms. The first-order valence-corrected chi connectivity index (χ1v) is 7.34. The quantitative estimate of drug-likeness (QED) is 0.555. The fourth-order valence-electron chi connectivity index (χ4n) is 2.54. The SMILES string of the molecule is NCC#Cc1cnccc1C(=O)NC1CCCCCC1O. The Kier molecular flexibility index (Phi) is 5.73. The number of carbonyl (C=O) groups is 1. The highest BCUT2D eigenvalue weighted by Crippen LogP contribution is 2.18. The fourth-order valence-corrected chi connectivity index (χ4v) is 2.54. The summed E-state index contributed by atoms with van der Waals surface area (Å²) in [5.74, 6) is 5.37. The number of nitrogens with one attached hydrogen (secondary N) is 1. The van der Waals surface area contributed by atoms with Crippen molar-refractivity contribution in [3.05, 3.63) is 29.6 Å². The van der Waals surface area contributed by atoms with Gasteiger partial charge in [0, 0.05) is 12.4 Å². The second-order valence-corrected chi connectivity index (χ2v) is 5.21. The molecular formula is C16H21N3O2. The molecule has 0 radical (unpaired) electrons. The van der Waals surface area contributed by atoms with Crippen LogP contribution in [0.3, 0.4) is 0 Å². The van der Waals surface area contributed by atoms with Crippen molar-refractivity contribution in [2.45, 2.75) is 44.2 Å². The van der Waals surface area contributed by atoms with Crippen molar-refractivity contribution in [2.75, 3.05) is 6.54 Å². The zero-order valence-electron chi connectivity index (χ0n) is 12.0. The third-order valence-electron chi connectivity index (χ3n) is 3.69. The number of aliphatic hydroxyl groups is 1. The van der Waals surface area contributed by atoms with Crippen LogP contribution in [0.25, 0.3) is 0 Å². The number of hydrogen-bond acceptors (Lipinski definition) is 4. The van der Waals surface area contributed by atoms with E-state index < -0.39 is 6.10 Å². The van der Waals surface area contributed by atoms with Crippen LogP contribution < -0.4 is 11.1 Å². The van der Waals surface area contributed by atoms with E-state index in [-0.39, 0.29) is 18.5 Å². The lowest BCUT2D eigenvalue weighted by Crippen LogP contribution is -2.42. The Bertz CT molecular complexity index is 548. The predicted molar refractivity (Wildman–Crippen MR) is 80.5 cm³/mol. The monoisotopic (exact) mass is 287 g/mol. The van der Waals surface area contributed by atoms with Gasteiger partial charge in [-0.15, -0.1) is 0 Å². The van der Waals surface area contributed by atoms with Crippen molar-refractivity contribution in [3.63, 3.8) is 0 Å². The van der Waals surface area contributed by atoms with Crippen molar-refractivity contribution in [2.24, 2.45) is 5.73 Å². The highest BCUT2D eigenvalue weighted by Gasteiger charge is 2.24. The van der Waals surface area contributed by atoms with E-state index in [1.807, 2.05) is 0 Å². The van der Waals surface area contributed by atoms with E-state index in [9.17, 15) is 9.90 Å². The molecule has 5 heteroatoms. The molecule has 1 saturated carbocycles. The number of pyridine rings is 1. The average molecular weight is 287 g/mol. The zero-order chi connectivity index (χ0) is 15.1. The van der Waals surface area contributed by atoms with Crippen molar-refractivity contribution < 1.29 is 9.90 Å². The van der Waals surface area contributed by atoms with Crippen LogP contribution in [-0.4, -0.2) is 34.7 Å². The molecule has 1 aromatic rings. The van der Waals surface area contributed by atoms with Gasteiger partial charge in [0.2, 0.25) is 0 Å². The summed E-state index contributed by atoms with van der Waals surface area (Å²) in [6.45, 7) is 0.233. The summed E-state index contributed by atoms with van der Waals surface area (Å²) in [5.41, 5.74) is 6.39. The molecule has 21 heavy (non-hydrogen) atoms. The Hall–Kier alpha value is -1.90. The summed E-state index contributed by atoms with van der Waals surface area (Å²) in [5, 5.41) is 13.0. The standard InChI is InChI=1S/C16H21N3O2/c17-9-4-5-12-11-18-10-8-13(12)16(21)19-14-6-2-1-3-7-15(14)20/h8,10-11,14-15,20H,1-3,6-7,9,17H2,(H,19,21). The number of rotatable bonds is 2. The summed E-state index contributed by atoms with van der Waals surface area (Å²) in [4.78, 5) is 16.4. The van der Waals surface area contributed by atoms with Crippen LogP contribution in [0.1, 0.15) is 48.0 Å². The Balaban J connectivity index is 2.12. The molecule has 0 aromatic carbocycles. The van der Waals surface area contributed by atoms with Crippen molar-refractivity contribution in [3.8, 4) is 11.8 Å². The van der Waals surface area contributed by atoms with E-state index in [0.29, 0.717) is 11.1 Å². The number of amides is 1. The molecule has 2 rings (SSSR count). The number of aromatic nitrogens is 1. The van der Waals surface area contributed by atoms with Crippen LogP contribution in [0.5, 0.6) is 0 Å². The normalized spacial score (nSPS) is 21.8. The van der Waals surface area contributed by atoms with E-state index in [2.05, 4.69) is 22.1 Å². The third-order valence-corrected chi connectivity index (χ3v) is 3.69. The molecule has 0 aliphatic heterocycles. The van der Waals surface area contributed by atoms with Gasteiger partial charge in [-0.25, -0.2) is 0 Å². The van der Waals surface area contributed by atoms with E-state index in [1.165, 1.54) is 0 Å². The minimum atomic E-state index is -0.475. The molecule has 1 aliphatic carbocycles. The van der Waals surface area contributed by atoms with Crippen LogP contribution >= 0.6 is 0 Å². The number of nitrogens with zero attached hydrogens (tertiary/aromatic N) is 1. The Morgan fingerprint density at radius 1 is 1.43 bits per heavy atom. The smallest absolute Gasteiger partial charge is 0.252 e. The summed E-state index contributed by atoms with van der Waals surface area (Å²) >= 11 is 0. The molecule has 1 fully saturated rings. The van der Waals surface area contributed by atoms with Crippen LogP contribution in [0.4, 0.5) is 0 Å². The zero-order valence-corrected chi connectivity index (χ0v) is 12.0. The van der Waals surface area contributed by atoms with Gasteiger partial charge in [-0.2, -0.15) is 0 Å². The summed E-state index contributed by atoms with van der Waals surface area (Å²) in [6, 6.07) is 1.45. The highest BCUT2D eigenvalue weighted by molar-refractivity contribution is 5.96. The molecular weight excluding hydrogens is 266 g/mol. The van der Waals surface area contributed by atoms with Crippen LogP contribution in [-0.2, 0) is 0 Å². The summed E-state index contributed by atoms with van der Waals surface area (Å²) in [7, 11) is 0. The number of aliphatic hydroxyl groups excluding tert-OH is 1. The second kappa shape index (κ2) is 7.77. The number of nitrogens with two attached hydrogens (primary N) is 1. The fraction of sp³-hybridized carbons (Fsp3) is 0.500. The van der Waals surface area contributed by atoms with E-state index in [4.69, 9.17) is 5.73 Å². The van der Waals surface area contributed by atoms with Crippen LogP contribution in [0.2, 0.25) is 0 Å². The maximum Gasteiger partial charge on any atom is 0.252 e. The van der Waals surface area contributed by atoms with Gasteiger partial charge in [0.05, 0.1) is 29.8 Å². The molecule has 0 saturated heterocycles. The molecule has 2 unspecified atom stereocenters. The summed E-state index contributed by atoms with van der Waals surface area (Å²) in [6.07, 6.45) is 7.33. The minimum Gasteiger partial charge on any atom is -0.391 e. The van der Waals surface area contributed by atoms with Gasteiger partial charge in [0.15, 0.2) is 0 Å². The van der Waals surface area contributed by atoms with Crippen LogP contribution in [0.15, 0.2) is 18.5 Å². The average Bonchev–Trinajstić information content (AvgIpc) is 2.70. The first-order chi connectivity index (χ1) is 10.2. The van der Waals surface area contributed by atoms with Gasteiger partial charge in [0.1, 0.15) is 0 Å². The van der Waals surface area contributed by atoms with Crippen molar-refractivity contribution in [1.29, 1.82) is 0 Å². The third kappa shape index (κ3) is 4.28. The lowest BCUT2D eigenvalue weighted by Gasteiger charge is -2.22. The highest BCUT2D eigenvalue weighted by atomic mass is 16.3. The molecule has 4 N–H and O–H groups in total. The molecule has 5 nitrogen and oxygen atoms in total. The van der Waals surface area contributed by atoms with Crippen LogP contribution in [0, 0.1) is 11.8 Å². The number of carbonyl (C=O) groups excluding carboxylic acids is 1. The Morgan fingerprint density at radius 2 is 2.24 bits per heavy atom. The van der Waals surface area contributed by atoms with E-state index >= 15 is 0 Å². The molecule has 112 valence electrons. The first-order valence-electron chi connectivity index (χ1n) is 7.34. The molecule has 1 aliphatic rings.